The van der Waals surface area contributed by atoms with Crippen LogP contribution in [0.25, 0.3) is 10.9 Å². The van der Waals surface area contributed by atoms with Gasteiger partial charge in [0.05, 0.1) is 12.7 Å². The first-order chi connectivity index (χ1) is 11.2. The number of anilines is 1. The zero-order valence-electron chi connectivity index (χ0n) is 12.3. The van der Waals surface area contributed by atoms with Gasteiger partial charge in [-0.25, -0.2) is 10.3 Å². The van der Waals surface area contributed by atoms with Crippen molar-refractivity contribution in [3.05, 3.63) is 60.3 Å². The third-order valence-electron chi connectivity index (χ3n) is 3.29. The van der Waals surface area contributed by atoms with Crippen LogP contribution in [0.2, 0.25) is 0 Å². The third kappa shape index (κ3) is 3.01. The molecule has 116 valence electrons. The van der Waals surface area contributed by atoms with Gasteiger partial charge in [-0.15, -0.1) is 0 Å². The molecule has 6 nitrogen and oxygen atoms in total. The first-order valence-electron chi connectivity index (χ1n) is 6.87. The van der Waals surface area contributed by atoms with Crippen LogP contribution >= 0.6 is 0 Å². The molecule has 0 radical (unpaired) electrons. The molecule has 0 unspecified atom stereocenters. The summed E-state index contributed by atoms with van der Waals surface area (Å²) in [5.41, 5.74) is 3.68. The molecule has 0 atom stereocenters. The number of benzene rings is 2. The molecule has 1 heterocycles. The Bertz CT molecular complexity index is 864. The fourth-order valence-corrected chi connectivity index (χ4v) is 2.13. The number of nitrogens with one attached hydrogen (secondary N) is 1. The van der Waals surface area contributed by atoms with Gasteiger partial charge in [0.1, 0.15) is 22.7 Å². The van der Waals surface area contributed by atoms with Crippen molar-refractivity contribution in [2.24, 2.45) is 0 Å². The second-order valence-corrected chi connectivity index (χ2v) is 4.76. The topological polar surface area (TPSA) is 80.7 Å². The summed E-state index contributed by atoms with van der Waals surface area (Å²) < 4.78 is 5.23. The first-order valence-corrected chi connectivity index (χ1v) is 6.87. The van der Waals surface area contributed by atoms with Gasteiger partial charge in [-0.3, -0.25) is 4.98 Å². The van der Waals surface area contributed by atoms with Gasteiger partial charge in [-0.2, -0.15) is 0 Å². The molecule has 0 aliphatic rings. The summed E-state index contributed by atoms with van der Waals surface area (Å²) in [5, 5.41) is 10.4. The van der Waals surface area contributed by atoms with Crippen molar-refractivity contribution >= 4 is 22.6 Å². The van der Waals surface area contributed by atoms with Gasteiger partial charge >= 0.3 is 5.97 Å². The summed E-state index contributed by atoms with van der Waals surface area (Å²) in [4.78, 5) is 21.3. The quantitative estimate of drug-likeness (QED) is 0.569. The predicted molar refractivity (Wildman–Crippen MR) is 85.4 cm³/mol. The normalized spacial score (nSPS) is 10.3. The number of phenolic OH excluding ortho intramolecular Hbond substituents is 1. The number of hydrogen-bond donors (Lipinski definition) is 2. The number of carbonyl (C=O) groups is 1. The highest BCUT2D eigenvalue weighted by atomic mass is 16.7. The fourth-order valence-electron chi connectivity index (χ4n) is 2.13. The molecule has 3 aromatic rings. The van der Waals surface area contributed by atoms with E-state index in [-0.39, 0.29) is 11.3 Å². The molecule has 0 spiro atoms. The number of phenols is 1. The van der Waals surface area contributed by atoms with Crippen molar-refractivity contribution < 1.29 is 19.5 Å². The second-order valence-electron chi connectivity index (χ2n) is 4.76. The number of rotatable bonds is 4. The number of methoxy groups -OCH3 is 1. The summed E-state index contributed by atoms with van der Waals surface area (Å²) in [6.07, 6.45) is 1.42. The smallest absolute Gasteiger partial charge is 0.364 e. The van der Waals surface area contributed by atoms with Crippen LogP contribution in [0.3, 0.4) is 0 Å². The van der Waals surface area contributed by atoms with Gasteiger partial charge in [0.15, 0.2) is 0 Å². The predicted octanol–water partition coefficient (Wildman–Crippen LogP) is 3.13. The minimum Gasteiger partial charge on any atom is -0.506 e. The highest BCUT2D eigenvalue weighted by Crippen LogP contribution is 2.24. The summed E-state index contributed by atoms with van der Waals surface area (Å²) in [6.45, 7) is 0. The minimum atomic E-state index is -0.606. The van der Waals surface area contributed by atoms with Crippen LogP contribution in [0.1, 0.15) is 10.4 Å². The number of aromatic hydroxyl groups is 1. The van der Waals surface area contributed by atoms with E-state index >= 15 is 0 Å². The molecule has 2 aromatic carbocycles. The number of fused-ring (bicyclic) bond motifs is 1. The van der Waals surface area contributed by atoms with E-state index in [1.54, 1.807) is 37.4 Å². The highest BCUT2D eigenvalue weighted by molar-refractivity contribution is 5.95. The summed E-state index contributed by atoms with van der Waals surface area (Å²) in [7, 11) is 1.56. The summed E-state index contributed by atoms with van der Waals surface area (Å²) in [6, 6.07) is 13.6. The van der Waals surface area contributed by atoms with Crippen molar-refractivity contribution in [1.29, 1.82) is 0 Å². The van der Waals surface area contributed by atoms with Gasteiger partial charge in [0, 0.05) is 11.6 Å². The Morgan fingerprint density at radius 1 is 1.17 bits per heavy atom. The molecule has 0 aliphatic heterocycles. The van der Waals surface area contributed by atoms with Crippen LogP contribution in [0.5, 0.6) is 11.5 Å². The Morgan fingerprint density at radius 3 is 2.78 bits per heavy atom. The van der Waals surface area contributed by atoms with Crippen molar-refractivity contribution in [2.75, 3.05) is 12.6 Å². The van der Waals surface area contributed by atoms with Crippen LogP contribution in [0.15, 0.2) is 54.7 Å². The van der Waals surface area contributed by atoms with Gasteiger partial charge < -0.3 is 14.7 Å². The number of pyridine rings is 1. The number of hydrogen-bond acceptors (Lipinski definition) is 6. The maximum atomic E-state index is 12.1. The second kappa shape index (κ2) is 6.23. The van der Waals surface area contributed by atoms with E-state index in [9.17, 15) is 9.90 Å². The number of nitrogens with zero attached hydrogens (tertiary/aromatic N) is 1. The lowest BCUT2D eigenvalue weighted by Gasteiger charge is -2.09. The molecule has 3 rings (SSSR count). The molecule has 0 fully saturated rings. The lowest BCUT2D eigenvalue weighted by atomic mass is 10.1. The molecule has 0 amide bonds. The Kier molecular flexibility index (Phi) is 3.97. The van der Waals surface area contributed by atoms with E-state index in [0.717, 1.165) is 5.39 Å². The molecular weight excluding hydrogens is 296 g/mol. The van der Waals surface area contributed by atoms with Crippen molar-refractivity contribution in [3.8, 4) is 11.5 Å². The maximum absolute atomic E-state index is 12.1. The van der Waals surface area contributed by atoms with Crippen molar-refractivity contribution in [1.82, 2.24) is 4.98 Å². The molecule has 0 aliphatic carbocycles. The Labute approximate surface area is 132 Å². The van der Waals surface area contributed by atoms with Gasteiger partial charge in [-0.05, 0) is 24.3 Å². The van der Waals surface area contributed by atoms with E-state index in [0.29, 0.717) is 17.0 Å². The van der Waals surface area contributed by atoms with E-state index in [2.05, 4.69) is 10.5 Å². The van der Waals surface area contributed by atoms with Gasteiger partial charge in [0.2, 0.25) is 0 Å². The molecule has 0 bridgehead atoms. The molecule has 0 saturated heterocycles. The van der Waals surface area contributed by atoms with Crippen LogP contribution in [0, 0.1) is 0 Å². The zero-order valence-corrected chi connectivity index (χ0v) is 12.3. The number of carbonyl (C=O) groups excluding carboxylic acids is 1. The molecule has 6 heteroatoms. The van der Waals surface area contributed by atoms with E-state index < -0.39 is 5.97 Å². The fraction of sp³-hybridized carbons (Fsp3) is 0.0588. The van der Waals surface area contributed by atoms with Crippen molar-refractivity contribution in [2.45, 2.75) is 0 Å². The monoisotopic (exact) mass is 310 g/mol. The molecular formula is C17H14N2O4. The van der Waals surface area contributed by atoms with Gasteiger partial charge in [0.25, 0.3) is 0 Å². The standard InChI is InChI=1S/C17H14N2O4/c1-22-15-8-4-5-11-9-12(10-18-16(11)15)17(21)23-19-13-6-2-3-7-14(13)20/h2-10,19-20H,1H3. The Hall–Kier alpha value is -3.28. The van der Waals surface area contributed by atoms with E-state index in [1.165, 1.54) is 12.3 Å². The first kappa shape index (κ1) is 14.6. The summed E-state index contributed by atoms with van der Waals surface area (Å²) in [5.74, 6) is 0.0156. The Morgan fingerprint density at radius 2 is 2.00 bits per heavy atom. The highest BCUT2D eigenvalue weighted by Gasteiger charge is 2.12. The number of aromatic nitrogens is 1. The molecule has 1 aromatic heterocycles. The van der Waals surface area contributed by atoms with Crippen LogP contribution in [-0.4, -0.2) is 23.2 Å². The number of para-hydroxylation sites is 3. The lowest BCUT2D eigenvalue weighted by Crippen LogP contribution is -2.11. The van der Waals surface area contributed by atoms with E-state index in [4.69, 9.17) is 9.57 Å². The maximum Gasteiger partial charge on any atom is 0.364 e. The SMILES string of the molecule is COc1cccc2cc(C(=O)ONc3ccccc3O)cnc12. The van der Waals surface area contributed by atoms with Crippen LogP contribution in [-0.2, 0) is 4.84 Å². The van der Waals surface area contributed by atoms with E-state index in [1.807, 2.05) is 12.1 Å². The average molecular weight is 310 g/mol. The summed E-state index contributed by atoms with van der Waals surface area (Å²) >= 11 is 0. The minimum absolute atomic E-state index is 0.0123. The number of ether oxygens (including phenoxy) is 1. The van der Waals surface area contributed by atoms with Crippen LogP contribution < -0.4 is 10.2 Å². The molecule has 0 saturated carbocycles. The average Bonchev–Trinajstić information content (AvgIpc) is 2.59. The third-order valence-corrected chi connectivity index (χ3v) is 3.29. The zero-order chi connectivity index (χ0) is 16.2. The van der Waals surface area contributed by atoms with Crippen molar-refractivity contribution in [3.63, 3.8) is 0 Å². The van der Waals surface area contributed by atoms with Crippen LogP contribution in [0.4, 0.5) is 5.69 Å². The Balaban J connectivity index is 1.80. The lowest BCUT2D eigenvalue weighted by molar-refractivity contribution is 0.0595. The van der Waals surface area contributed by atoms with Gasteiger partial charge in [-0.1, -0.05) is 24.3 Å². The largest absolute Gasteiger partial charge is 0.506 e. The molecule has 23 heavy (non-hydrogen) atoms. The molecule has 2 N–H and O–H groups in total.